The van der Waals surface area contributed by atoms with Crippen LogP contribution in [0.3, 0.4) is 0 Å². The van der Waals surface area contributed by atoms with Crippen molar-refractivity contribution < 1.29 is 4.39 Å². The van der Waals surface area contributed by atoms with Crippen LogP contribution in [0.5, 0.6) is 0 Å². The quantitative estimate of drug-likeness (QED) is 0.545. The summed E-state index contributed by atoms with van der Waals surface area (Å²) in [4.78, 5) is 16.4. The lowest BCUT2D eigenvalue weighted by molar-refractivity contribution is 0.380. The van der Waals surface area contributed by atoms with Crippen LogP contribution in [0.15, 0.2) is 41.0 Å². The van der Waals surface area contributed by atoms with Gasteiger partial charge in [0.05, 0.1) is 0 Å². The largest absolute Gasteiger partial charge is 0.370 e. The Kier molecular flexibility index (Phi) is 4.75. The lowest BCUT2D eigenvalue weighted by Gasteiger charge is -2.35. The van der Waals surface area contributed by atoms with E-state index in [1.165, 1.54) is 6.07 Å². The van der Waals surface area contributed by atoms with E-state index < -0.39 is 0 Å². The van der Waals surface area contributed by atoms with Gasteiger partial charge in [-0.3, -0.25) is 4.99 Å². The molecule has 26 heavy (non-hydrogen) atoms. The third-order valence-electron chi connectivity index (χ3n) is 4.68. The number of thiazole rings is 1. The zero-order chi connectivity index (χ0) is 17.9. The zero-order valence-corrected chi connectivity index (χ0v) is 15.2. The van der Waals surface area contributed by atoms with Crippen LogP contribution >= 0.6 is 11.3 Å². The third-order valence-corrected chi connectivity index (χ3v) is 5.51. The van der Waals surface area contributed by atoms with Gasteiger partial charge >= 0.3 is 0 Å². The predicted octanol–water partition coefficient (Wildman–Crippen LogP) is 2.44. The average Bonchev–Trinajstić information content (AvgIpc) is 3.32. The predicted molar refractivity (Wildman–Crippen MR) is 104 cm³/mol. The minimum atomic E-state index is -0.223. The van der Waals surface area contributed by atoms with Gasteiger partial charge in [-0.1, -0.05) is 0 Å². The molecule has 3 aromatic rings. The summed E-state index contributed by atoms with van der Waals surface area (Å²) >= 11 is 1.66. The van der Waals surface area contributed by atoms with Crippen molar-refractivity contribution in [3.8, 4) is 0 Å². The maximum absolute atomic E-state index is 13.4. The van der Waals surface area contributed by atoms with Crippen molar-refractivity contribution in [1.29, 1.82) is 0 Å². The highest BCUT2D eigenvalue weighted by Crippen LogP contribution is 2.20. The first kappa shape index (κ1) is 16.8. The Bertz CT molecular complexity index is 896. The first-order valence-electron chi connectivity index (χ1n) is 8.65. The topological polar surface area (TPSA) is 73.5 Å². The molecule has 0 amide bonds. The molecule has 3 heterocycles. The zero-order valence-electron chi connectivity index (χ0n) is 14.4. The lowest BCUT2D eigenvalue weighted by atomic mass is 10.1. The number of hydrogen-bond donors (Lipinski definition) is 2. The second-order valence-electron chi connectivity index (χ2n) is 6.28. The molecule has 0 aliphatic carbocycles. The van der Waals surface area contributed by atoms with Crippen LogP contribution in [-0.4, -0.2) is 53.6 Å². The molecule has 0 spiro atoms. The normalized spacial score (nSPS) is 15.8. The molecule has 1 fully saturated rings. The number of piperazine rings is 1. The molecule has 0 bridgehead atoms. The van der Waals surface area contributed by atoms with Gasteiger partial charge in [-0.2, -0.15) is 0 Å². The molecule has 8 heteroatoms. The van der Waals surface area contributed by atoms with Gasteiger partial charge in [-0.15, -0.1) is 11.3 Å². The van der Waals surface area contributed by atoms with Crippen LogP contribution < -0.4 is 10.6 Å². The van der Waals surface area contributed by atoms with E-state index in [4.69, 9.17) is 5.73 Å². The van der Waals surface area contributed by atoms with Crippen LogP contribution in [0.1, 0.15) is 5.56 Å². The molecule has 1 saturated heterocycles. The van der Waals surface area contributed by atoms with E-state index in [0.29, 0.717) is 12.5 Å². The Morgan fingerprint density at radius 2 is 2.15 bits per heavy atom. The van der Waals surface area contributed by atoms with Crippen LogP contribution in [0, 0.1) is 5.82 Å². The number of nitrogens with one attached hydrogen (secondary N) is 1. The van der Waals surface area contributed by atoms with Crippen molar-refractivity contribution in [3.63, 3.8) is 0 Å². The number of hydrogen-bond acceptors (Lipinski definition) is 4. The molecular weight excluding hydrogens is 351 g/mol. The average molecular weight is 372 g/mol. The molecule has 0 atom stereocenters. The van der Waals surface area contributed by atoms with Crippen LogP contribution in [-0.2, 0) is 6.42 Å². The highest BCUT2D eigenvalue weighted by molar-refractivity contribution is 7.13. The highest BCUT2D eigenvalue weighted by atomic mass is 32.1. The van der Waals surface area contributed by atoms with E-state index in [9.17, 15) is 4.39 Å². The second kappa shape index (κ2) is 7.33. The summed E-state index contributed by atoms with van der Waals surface area (Å²) < 4.78 is 13.4. The Labute approximate surface area is 155 Å². The number of nitrogens with zero attached hydrogens (tertiary/aromatic N) is 4. The van der Waals surface area contributed by atoms with Crippen LogP contribution in [0.25, 0.3) is 10.9 Å². The van der Waals surface area contributed by atoms with E-state index in [0.717, 1.165) is 54.2 Å². The molecule has 1 aliphatic heterocycles. The number of aromatic nitrogens is 2. The number of aromatic amines is 1. The molecule has 1 aromatic carbocycles. The van der Waals surface area contributed by atoms with E-state index in [1.807, 2.05) is 17.8 Å². The van der Waals surface area contributed by atoms with Crippen molar-refractivity contribution in [3.05, 3.63) is 47.4 Å². The smallest absolute Gasteiger partial charge is 0.191 e. The fourth-order valence-electron chi connectivity index (χ4n) is 3.25. The molecule has 3 N–H and O–H groups in total. The summed E-state index contributed by atoms with van der Waals surface area (Å²) in [5, 5.41) is 3.97. The number of aliphatic imine (C=N–C) groups is 1. The third kappa shape index (κ3) is 3.50. The van der Waals surface area contributed by atoms with Crippen molar-refractivity contribution >= 4 is 33.3 Å². The Morgan fingerprint density at radius 1 is 1.31 bits per heavy atom. The number of rotatable bonds is 4. The summed E-state index contributed by atoms with van der Waals surface area (Å²) in [7, 11) is 0. The summed E-state index contributed by atoms with van der Waals surface area (Å²) in [5.41, 5.74) is 8.17. The molecule has 136 valence electrons. The maximum Gasteiger partial charge on any atom is 0.191 e. The van der Waals surface area contributed by atoms with E-state index in [2.05, 4.69) is 24.8 Å². The summed E-state index contributed by atoms with van der Waals surface area (Å²) in [5.74, 6) is 0.356. The van der Waals surface area contributed by atoms with Gasteiger partial charge in [0, 0.05) is 61.4 Å². The number of anilines is 1. The fraction of sp³-hybridized carbons (Fsp3) is 0.333. The molecule has 0 unspecified atom stereocenters. The van der Waals surface area contributed by atoms with Gasteiger partial charge in [-0.25, -0.2) is 9.37 Å². The van der Waals surface area contributed by atoms with E-state index >= 15 is 0 Å². The number of nitrogens with two attached hydrogens (primary N) is 1. The van der Waals surface area contributed by atoms with Crippen molar-refractivity contribution in [2.75, 3.05) is 37.6 Å². The number of benzene rings is 1. The maximum atomic E-state index is 13.4. The van der Waals surface area contributed by atoms with Crippen LogP contribution in [0.4, 0.5) is 9.52 Å². The van der Waals surface area contributed by atoms with Gasteiger partial charge in [0.25, 0.3) is 0 Å². The SMILES string of the molecule is NC(=NCCc1c[nH]c2ccc(F)cc12)N1CCN(c2nccs2)CC1. The molecule has 0 radical (unpaired) electrons. The van der Waals surface area contributed by atoms with Crippen molar-refractivity contribution in [1.82, 2.24) is 14.9 Å². The Hall–Kier alpha value is -2.61. The molecule has 4 rings (SSSR count). The molecular formula is C18H21FN6S. The molecule has 2 aromatic heterocycles. The monoisotopic (exact) mass is 372 g/mol. The standard InChI is InChI=1S/C18H21FN6S/c19-14-1-2-16-15(11-14)13(12-23-16)3-4-21-17(20)24-6-8-25(9-7-24)18-22-5-10-26-18/h1-2,5,10-12,23H,3-4,6-9H2,(H2,20,21). The number of halogens is 1. The Balaban J connectivity index is 1.33. The van der Waals surface area contributed by atoms with Crippen LogP contribution in [0.2, 0.25) is 0 Å². The second-order valence-corrected chi connectivity index (χ2v) is 7.16. The first-order valence-corrected chi connectivity index (χ1v) is 9.53. The number of guanidine groups is 1. The van der Waals surface area contributed by atoms with Crippen molar-refractivity contribution in [2.24, 2.45) is 10.7 Å². The summed E-state index contributed by atoms with van der Waals surface area (Å²) in [6, 6.07) is 4.78. The van der Waals surface area contributed by atoms with Gasteiger partial charge in [0.15, 0.2) is 11.1 Å². The molecule has 1 aliphatic rings. The minimum Gasteiger partial charge on any atom is -0.370 e. The summed E-state index contributed by atoms with van der Waals surface area (Å²) in [6.45, 7) is 4.05. The minimum absolute atomic E-state index is 0.223. The lowest BCUT2D eigenvalue weighted by Crippen LogP contribution is -2.51. The van der Waals surface area contributed by atoms with Gasteiger partial charge in [0.2, 0.25) is 0 Å². The summed E-state index contributed by atoms with van der Waals surface area (Å²) in [6.07, 6.45) is 4.48. The van der Waals surface area contributed by atoms with Gasteiger partial charge < -0.3 is 20.5 Å². The van der Waals surface area contributed by atoms with E-state index in [1.54, 1.807) is 23.5 Å². The first-order chi connectivity index (χ1) is 12.7. The van der Waals surface area contributed by atoms with Crippen molar-refractivity contribution in [2.45, 2.75) is 6.42 Å². The number of fused-ring (bicyclic) bond motifs is 1. The highest BCUT2D eigenvalue weighted by Gasteiger charge is 2.19. The fourth-order valence-corrected chi connectivity index (χ4v) is 3.94. The van der Waals surface area contributed by atoms with Gasteiger partial charge in [0.1, 0.15) is 5.82 Å². The molecule has 0 saturated carbocycles. The van der Waals surface area contributed by atoms with Gasteiger partial charge in [-0.05, 0) is 30.2 Å². The Morgan fingerprint density at radius 3 is 2.92 bits per heavy atom. The van der Waals surface area contributed by atoms with E-state index in [-0.39, 0.29) is 5.82 Å². The molecule has 6 nitrogen and oxygen atoms in total. The number of H-pyrrole nitrogens is 1.